The summed E-state index contributed by atoms with van der Waals surface area (Å²) in [6, 6.07) is 0. The zero-order valence-electron chi connectivity index (χ0n) is 12.6. The first-order valence-corrected chi connectivity index (χ1v) is 8.94. The van der Waals surface area contributed by atoms with E-state index in [1.807, 2.05) is 0 Å². The highest BCUT2D eigenvalue weighted by atomic mass is 31.2. The molecule has 0 radical (unpaired) electrons. The van der Waals surface area contributed by atoms with Crippen molar-refractivity contribution in [1.82, 2.24) is 19.1 Å². The second-order valence-electron chi connectivity index (χ2n) is 5.20. The first-order chi connectivity index (χ1) is 11.5. The maximum atomic E-state index is 10.2. The summed E-state index contributed by atoms with van der Waals surface area (Å²) in [4.78, 5) is 26.3. The Balaban J connectivity index is 1.74. The Kier molecular flexibility index (Phi) is 5.53. The van der Waals surface area contributed by atoms with Crippen molar-refractivity contribution in [3.63, 3.8) is 0 Å². The SMILES string of the molecule is Cn1cnc2c(ncn2[C@@H]2O[C@H](COP(O)OPO)C[C@H]2O)c1=N. The minimum Gasteiger partial charge on any atom is -0.388 e. The number of hydrogen-bond acceptors (Lipinski definition) is 9. The van der Waals surface area contributed by atoms with E-state index < -0.39 is 36.1 Å². The summed E-state index contributed by atoms with van der Waals surface area (Å²) in [5.41, 5.74) is 1.06. The highest BCUT2D eigenvalue weighted by Crippen LogP contribution is 2.40. The van der Waals surface area contributed by atoms with E-state index in [4.69, 9.17) is 19.6 Å². The summed E-state index contributed by atoms with van der Waals surface area (Å²) in [6.07, 6.45) is 1.28. The molecule has 1 fully saturated rings. The van der Waals surface area contributed by atoms with Gasteiger partial charge in [-0.2, -0.15) is 0 Å². The van der Waals surface area contributed by atoms with Gasteiger partial charge in [-0.1, -0.05) is 0 Å². The van der Waals surface area contributed by atoms with E-state index in [1.54, 1.807) is 11.6 Å². The average molecular weight is 377 g/mol. The molecule has 0 aromatic carbocycles. The molecule has 2 unspecified atom stereocenters. The van der Waals surface area contributed by atoms with Gasteiger partial charge in [-0.3, -0.25) is 14.3 Å². The molecule has 0 bridgehead atoms. The van der Waals surface area contributed by atoms with Crippen molar-refractivity contribution in [2.24, 2.45) is 7.05 Å². The lowest BCUT2D eigenvalue weighted by Gasteiger charge is -2.17. The van der Waals surface area contributed by atoms with Crippen LogP contribution in [-0.4, -0.2) is 52.8 Å². The van der Waals surface area contributed by atoms with Crippen molar-refractivity contribution in [3.8, 4) is 0 Å². The van der Waals surface area contributed by atoms with Crippen LogP contribution in [0.15, 0.2) is 12.7 Å². The normalized spacial score (nSPS) is 25.9. The Hall–Kier alpha value is -1.03. The second kappa shape index (κ2) is 7.47. The Morgan fingerprint density at radius 1 is 1.50 bits per heavy atom. The van der Waals surface area contributed by atoms with Crippen LogP contribution in [0.5, 0.6) is 0 Å². The largest absolute Gasteiger partial charge is 0.388 e. The maximum absolute atomic E-state index is 10.2. The smallest absolute Gasteiger partial charge is 0.335 e. The zero-order valence-corrected chi connectivity index (χ0v) is 14.5. The van der Waals surface area contributed by atoms with Crippen LogP contribution in [-0.2, 0) is 20.6 Å². The van der Waals surface area contributed by atoms with E-state index in [1.165, 1.54) is 17.2 Å². The van der Waals surface area contributed by atoms with Crippen LogP contribution in [0.2, 0.25) is 0 Å². The number of aryl methyl sites for hydroxylation is 1. The summed E-state index contributed by atoms with van der Waals surface area (Å²) in [5.74, 6) is 0. The molecule has 1 aliphatic rings. The van der Waals surface area contributed by atoms with Gasteiger partial charge in [0.1, 0.15) is 11.6 Å². The molecule has 3 heterocycles. The molecule has 11 nitrogen and oxygen atoms in total. The molecule has 0 amide bonds. The number of fused-ring (bicyclic) bond motifs is 1. The second-order valence-corrected chi connectivity index (χ2v) is 6.84. The molecule has 4 N–H and O–H groups in total. The third-order valence-electron chi connectivity index (χ3n) is 3.63. The third kappa shape index (κ3) is 3.49. The van der Waals surface area contributed by atoms with E-state index in [0.717, 1.165) is 0 Å². The Morgan fingerprint density at radius 3 is 3.04 bits per heavy atom. The summed E-state index contributed by atoms with van der Waals surface area (Å²) >= 11 is 0. The van der Waals surface area contributed by atoms with E-state index in [9.17, 15) is 10.00 Å². The van der Waals surface area contributed by atoms with E-state index in [-0.39, 0.29) is 12.1 Å². The molecule has 3 rings (SSSR count). The van der Waals surface area contributed by atoms with Crippen LogP contribution in [0.1, 0.15) is 12.6 Å². The number of rotatable bonds is 6. The van der Waals surface area contributed by atoms with Crippen molar-refractivity contribution >= 4 is 28.8 Å². The minimum atomic E-state index is -2.16. The zero-order chi connectivity index (χ0) is 17.3. The molecule has 5 atom stereocenters. The van der Waals surface area contributed by atoms with Crippen LogP contribution in [0.4, 0.5) is 0 Å². The van der Waals surface area contributed by atoms with Gasteiger partial charge in [-0.25, -0.2) is 9.97 Å². The third-order valence-corrected chi connectivity index (χ3v) is 4.95. The van der Waals surface area contributed by atoms with Gasteiger partial charge in [0, 0.05) is 13.5 Å². The molecule has 13 heteroatoms. The molecule has 1 saturated heterocycles. The minimum absolute atomic E-state index is 0.0129. The summed E-state index contributed by atoms with van der Waals surface area (Å²) in [6.45, 7) is 0.0129. The van der Waals surface area contributed by atoms with Crippen molar-refractivity contribution in [1.29, 1.82) is 5.41 Å². The Morgan fingerprint density at radius 2 is 2.29 bits per heavy atom. The highest BCUT2D eigenvalue weighted by Gasteiger charge is 2.36. The van der Waals surface area contributed by atoms with Crippen LogP contribution < -0.4 is 5.49 Å². The molecule has 0 aliphatic carbocycles. The average Bonchev–Trinajstić information content (AvgIpc) is 3.13. The maximum Gasteiger partial charge on any atom is 0.335 e. The summed E-state index contributed by atoms with van der Waals surface area (Å²) in [5, 5.41) is 18.2. The standard InChI is InChI=1S/C11H17N5O6P2/c1-15-4-14-10-8(9(15)12)13-5-16(10)11-7(17)2-6(21-11)3-20-24(19)22-23-18/h4-7,11-12,17-19,23H,2-3H2,1H3/t6-,7+,11+,24?/m0/s1. The lowest BCUT2D eigenvalue weighted by molar-refractivity contribution is -0.0464. The lowest BCUT2D eigenvalue weighted by atomic mass is 10.2. The fourth-order valence-corrected chi connectivity index (χ4v) is 3.28. The van der Waals surface area contributed by atoms with Crippen molar-refractivity contribution in [3.05, 3.63) is 18.1 Å². The van der Waals surface area contributed by atoms with Gasteiger partial charge in [0.25, 0.3) is 0 Å². The Bertz CT molecular complexity index is 769. The van der Waals surface area contributed by atoms with Crippen molar-refractivity contribution in [2.75, 3.05) is 6.61 Å². The van der Waals surface area contributed by atoms with Gasteiger partial charge in [-0.15, -0.1) is 0 Å². The van der Waals surface area contributed by atoms with Crippen LogP contribution >= 0.6 is 17.6 Å². The summed E-state index contributed by atoms with van der Waals surface area (Å²) in [7, 11) is -1.33. The fourth-order valence-electron chi connectivity index (χ4n) is 2.50. The van der Waals surface area contributed by atoms with E-state index >= 15 is 0 Å². The molecule has 132 valence electrons. The van der Waals surface area contributed by atoms with E-state index in [2.05, 4.69) is 14.3 Å². The van der Waals surface area contributed by atoms with Gasteiger partial charge in [0.05, 0.1) is 25.4 Å². The molecular formula is C11H17N5O6P2. The fraction of sp³-hybridized carbons (Fsp3) is 0.545. The van der Waals surface area contributed by atoms with Gasteiger partial charge in [0.2, 0.25) is 0 Å². The number of aliphatic hydroxyl groups is 1. The van der Waals surface area contributed by atoms with Gasteiger partial charge in [-0.05, 0) is 0 Å². The molecule has 24 heavy (non-hydrogen) atoms. The molecule has 1 aliphatic heterocycles. The molecule has 0 saturated carbocycles. The first kappa shape index (κ1) is 17.8. The van der Waals surface area contributed by atoms with Crippen LogP contribution in [0.25, 0.3) is 11.2 Å². The number of hydrogen-bond donors (Lipinski definition) is 4. The van der Waals surface area contributed by atoms with Crippen LogP contribution in [0.3, 0.4) is 0 Å². The van der Waals surface area contributed by atoms with Crippen molar-refractivity contribution in [2.45, 2.75) is 24.9 Å². The monoisotopic (exact) mass is 377 g/mol. The molecular weight excluding hydrogens is 360 g/mol. The molecule has 0 spiro atoms. The molecule has 2 aromatic rings. The van der Waals surface area contributed by atoms with E-state index in [0.29, 0.717) is 17.6 Å². The number of imidazole rings is 1. The Labute approximate surface area is 139 Å². The number of nitrogens with one attached hydrogen (secondary N) is 1. The number of aliphatic hydroxyl groups excluding tert-OH is 1. The highest BCUT2D eigenvalue weighted by molar-refractivity contribution is 7.48. The van der Waals surface area contributed by atoms with Gasteiger partial charge in [0.15, 0.2) is 26.4 Å². The predicted octanol–water partition coefficient (Wildman–Crippen LogP) is -0.349. The van der Waals surface area contributed by atoms with Gasteiger partial charge >= 0.3 is 8.60 Å². The number of aromatic nitrogens is 4. The summed E-state index contributed by atoms with van der Waals surface area (Å²) < 4.78 is 18.4. The number of ether oxygens (including phenoxy) is 1. The van der Waals surface area contributed by atoms with Crippen molar-refractivity contribution < 1.29 is 28.5 Å². The number of nitrogens with zero attached hydrogens (tertiary/aromatic N) is 4. The first-order valence-electron chi connectivity index (χ1n) is 6.95. The topological polar surface area (TPSA) is 148 Å². The lowest BCUT2D eigenvalue weighted by Crippen LogP contribution is -2.21. The quantitative estimate of drug-likeness (QED) is 0.500. The predicted molar refractivity (Wildman–Crippen MR) is 83.6 cm³/mol. The van der Waals surface area contributed by atoms with Crippen LogP contribution in [0, 0.1) is 5.41 Å². The molecule has 2 aromatic heterocycles. The van der Waals surface area contributed by atoms with Gasteiger partial charge < -0.3 is 28.7 Å².